The van der Waals surface area contributed by atoms with Crippen LogP contribution < -0.4 is 5.32 Å². The van der Waals surface area contributed by atoms with E-state index < -0.39 is 0 Å². The summed E-state index contributed by atoms with van der Waals surface area (Å²) in [4.78, 5) is 2.59. The molecule has 1 N–H and O–H groups in total. The zero-order chi connectivity index (χ0) is 14.4. The summed E-state index contributed by atoms with van der Waals surface area (Å²) < 4.78 is 0. The van der Waals surface area contributed by atoms with Crippen molar-refractivity contribution in [2.24, 2.45) is 5.92 Å². The summed E-state index contributed by atoms with van der Waals surface area (Å²) in [6, 6.07) is 9.67. The fourth-order valence-corrected chi connectivity index (χ4v) is 2.69. The van der Waals surface area contributed by atoms with Crippen molar-refractivity contribution < 1.29 is 0 Å². The monoisotopic (exact) mass is 274 g/mol. The summed E-state index contributed by atoms with van der Waals surface area (Å²) in [5.74, 6) is 0.962. The van der Waals surface area contributed by atoms with Crippen molar-refractivity contribution in [3.63, 3.8) is 0 Å². The van der Waals surface area contributed by atoms with E-state index in [2.05, 4.69) is 55.3 Å². The molecule has 0 spiro atoms. The highest BCUT2D eigenvalue weighted by Crippen LogP contribution is 2.27. The van der Waals surface area contributed by atoms with Gasteiger partial charge in [0.2, 0.25) is 0 Å². The van der Waals surface area contributed by atoms with Crippen LogP contribution in [0.4, 0.5) is 0 Å². The molecule has 0 aliphatic heterocycles. The Morgan fingerprint density at radius 3 is 2.30 bits per heavy atom. The van der Waals surface area contributed by atoms with Crippen molar-refractivity contribution in [1.29, 1.82) is 0 Å². The van der Waals surface area contributed by atoms with Gasteiger partial charge < -0.3 is 5.32 Å². The average Bonchev–Trinajstić information content (AvgIpc) is 2.40. The number of nitrogens with one attached hydrogen (secondary N) is 1. The summed E-state index contributed by atoms with van der Waals surface area (Å²) >= 11 is 0. The Morgan fingerprint density at radius 1 is 1.15 bits per heavy atom. The molecule has 1 aromatic rings. The molecule has 0 bridgehead atoms. The maximum atomic E-state index is 3.46. The summed E-state index contributed by atoms with van der Waals surface area (Å²) in [6.45, 7) is 11.2. The Morgan fingerprint density at radius 2 is 1.80 bits per heavy atom. The molecule has 0 heterocycles. The maximum absolute atomic E-state index is 3.46. The number of hydrogen-bond donors (Lipinski definition) is 1. The first-order chi connectivity index (χ1) is 9.67. The maximum Gasteiger partial charge on any atom is 0.0233 e. The van der Waals surface area contributed by atoms with Crippen LogP contribution >= 0.6 is 0 Å². The average molecular weight is 274 g/mol. The van der Waals surface area contributed by atoms with Crippen LogP contribution in [0.15, 0.2) is 24.3 Å². The van der Waals surface area contributed by atoms with Gasteiger partial charge in [0.1, 0.15) is 0 Å². The van der Waals surface area contributed by atoms with Gasteiger partial charge in [-0.1, -0.05) is 51.5 Å². The second-order valence-electron chi connectivity index (χ2n) is 6.48. The molecular formula is C18H30N2. The van der Waals surface area contributed by atoms with Gasteiger partial charge in [0.25, 0.3) is 0 Å². The van der Waals surface area contributed by atoms with Crippen molar-refractivity contribution in [1.82, 2.24) is 10.2 Å². The van der Waals surface area contributed by atoms with Gasteiger partial charge in [-0.15, -0.1) is 0 Å². The van der Waals surface area contributed by atoms with Crippen molar-refractivity contribution in [2.45, 2.75) is 59.2 Å². The Labute approximate surface area is 124 Å². The normalized spacial score (nSPS) is 15.8. The predicted octanol–water partition coefficient (Wildman–Crippen LogP) is 3.81. The van der Waals surface area contributed by atoms with Crippen LogP contribution in [0, 0.1) is 5.92 Å². The van der Waals surface area contributed by atoms with Crippen LogP contribution in [0.5, 0.6) is 0 Å². The summed E-state index contributed by atoms with van der Waals surface area (Å²) in [5, 5.41) is 3.46. The first-order valence-corrected chi connectivity index (χ1v) is 8.21. The Kier molecular flexibility index (Phi) is 6.06. The van der Waals surface area contributed by atoms with Crippen molar-refractivity contribution in [3.8, 4) is 0 Å². The van der Waals surface area contributed by atoms with Crippen LogP contribution in [0.25, 0.3) is 0 Å². The lowest BCUT2D eigenvalue weighted by molar-refractivity contribution is 0.178. The molecule has 0 saturated heterocycles. The standard InChI is InChI=1S/C18H30N2/c1-4-20(13-17-6-5-7-17)14-18-10-8-16(9-11-18)12-19-15(2)3/h8-11,15,17,19H,4-7,12-14H2,1-3H3. The van der Waals surface area contributed by atoms with E-state index in [0.717, 1.165) is 25.6 Å². The fraction of sp³-hybridized carbons (Fsp3) is 0.667. The van der Waals surface area contributed by atoms with Gasteiger partial charge >= 0.3 is 0 Å². The first kappa shape index (κ1) is 15.5. The molecule has 0 atom stereocenters. The topological polar surface area (TPSA) is 15.3 Å². The lowest BCUT2D eigenvalue weighted by atomic mass is 9.85. The molecule has 20 heavy (non-hydrogen) atoms. The molecule has 2 nitrogen and oxygen atoms in total. The fourth-order valence-electron chi connectivity index (χ4n) is 2.69. The molecule has 1 aliphatic carbocycles. The van der Waals surface area contributed by atoms with Crippen molar-refractivity contribution >= 4 is 0 Å². The Bertz CT molecular complexity index is 379. The minimum Gasteiger partial charge on any atom is -0.310 e. The second kappa shape index (κ2) is 7.80. The molecule has 2 rings (SSSR count). The third-order valence-corrected chi connectivity index (χ3v) is 4.33. The lowest BCUT2D eigenvalue weighted by Gasteiger charge is -2.31. The smallest absolute Gasteiger partial charge is 0.0233 e. The number of rotatable bonds is 8. The van der Waals surface area contributed by atoms with Crippen LogP contribution in [0.2, 0.25) is 0 Å². The molecule has 0 unspecified atom stereocenters. The molecule has 1 fully saturated rings. The van der Waals surface area contributed by atoms with E-state index in [1.165, 1.54) is 36.9 Å². The molecule has 0 aromatic heterocycles. The summed E-state index contributed by atoms with van der Waals surface area (Å²) in [6.07, 6.45) is 4.33. The Hall–Kier alpha value is -0.860. The van der Waals surface area contributed by atoms with Crippen LogP contribution in [-0.4, -0.2) is 24.0 Å². The quantitative estimate of drug-likeness (QED) is 0.775. The van der Waals surface area contributed by atoms with E-state index in [1.54, 1.807) is 0 Å². The predicted molar refractivity (Wildman–Crippen MR) is 86.7 cm³/mol. The van der Waals surface area contributed by atoms with Gasteiger partial charge in [0.05, 0.1) is 0 Å². The highest BCUT2D eigenvalue weighted by molar-refractivity contribution is 5.22. The third kappa shape index (κ3) is 4.92. The number of benzene rings is 1. The molecule has 0 radical (unpaired) electrons. The molecule has 1 aromatic carbocycles. The van der Waals surface area contributed by atoms with Gasteiger partial charge in [-0.05, 0) is 36.4 Å². The van der Waals surface area contributed by atoms with E-state index in [0.29, 0.717) is 6.04 Å². The highest BCUT2D eigenvalue weighted by atomic mass is 15.1. The zero-order valence-electron chi connectivity index (χ0n) is 13.4. The minimum absolute atomic E-state index is 0.549. The number of nitrogens with zero attached hydrogens (tertiary/aromatic N) is 1. The second-order valence-corrected chi connectivity index (χ2v) is 6.48. The molecule has 112 valence electrons. The molecule has 2 heteroatoms. The van der Waals surface area contributed by atoms with E-state index in [1.807, 2.05) is 0 Å². The number of hydrogen-bond acceptors (Lipinski definition) is 2. The molecular weight excluding hydrogens is 244 g/mol. The van der Waals surface area contributed by atoms with E-state index >= 15 is 0 Å². The van der Waals surface area contributed by atoms with E-state index in [4.69, 9.17) is 0 Å². The third-order valence-electron chi connectivity index (χ3n) is 4.33. The van der Waals surface area contributed by atoms with E-state index in [9.17, 15) is 0 Å². The molecule has 1 saturated carbocycles. The van der Waals surface area contributed by atoms with Crippen molar-refractivity contribution in [3.05, 3.63) is 35.4 Å². The largest absolute Gasteiger partial charge is 0.310 e. The summed E-state index contributed by atoms with van der Waals surface area (Å²) in [5.41, 5.74) is 2.82. The minimum atomic E-state index is 0.549. The van der Waals surface area contributed by atoms with Gasteiger partial charge in [-0.2, -0.15) is 0 Å². The highest BCUT2D eigenvalue weighted by Gasteiger charge is 2.19. The van der Waals surface area contributed by atoms with Crippen LogP contribution in [-0.2, 0) is 13.1 Å². The van der Waals surface area contributed by atoms with Crippen LogP contribution in [0.1, 0.15) is 51.2 Å². The molecule has 1 aliphatic rings. The van der Waals surface area contributed by atoms with Gasteiger partial charge in [0, 0.05) is 25.7 Å². The molecule has 0 amide bonds. The van der Waals surface area contributed by atoms with E-state index in [-0.39, 0.29) is 0 Å². The van der Waals surface area contributed by atoms with Gasteiger partial charge in [-0.25, -0.2) is 0 Å². The van der Waals surface area contributed by atoms with Crippen LogP contribution in [0.3, 0.4) is 0 Å². The lowest BCUT2D eigenvalue weighted by Crippen LogP contribution is -2.32. The van der Waals surface area contributed by atoms with Gasteiger partial charge in [-0.3, -0.25) is 4.90 Å². The summed E-state index contributed by atoms with van der Waals surface area (Å²) in [7, 11) is 0. The Balaban J connectivity index is 1.81. The first-order valence-electron chi connectivity index (χ1n) is 8.21. The zero-order valence-corrected chi connectivity index (χ0v) is 13.4. The van der Waals surface area contributed by atoms with Gasteiger partial charge in [0.15, 0.2) is 0 Å². The van der Waals surface area contributed by atoms with Crippen molar-refractivity contribution in [2.75, 3.05) is 13.1 Å². The SMILES string of the molecule is CCN(Cc1ccc(CNC(C)C)cc1)CC1CCC1.